The molecule has 0 bridgehead atoms. The van der Waals surface area contributed by atoms with Crippen LogP contribution < -0.4 is 5.32 Å². The number of sulfonamides is 1. The van der Waals surface area contributed by atoms with Gasteiger partial charge in [0, 0.05) is 23.7 Å². The van der Waals surface area contributed by atoms with E-state index in [1.807, 2.05) is 6.92 Å². The fraction of sp³-hybridized carbons (Fsp3) is 0.421. The summed E-state index contributed by atoms with van der Waals surface area (Å²) in [4.78, 5) is 25.2. The van der Waals surface area contributed by atoms with E-state index >= 15 is 0 Å². The van der Waals surface area contributed by atoms with Crippen LogP contribution in [0.2, 0.25) is 0 Å². The van der Waals surface area contributed by atoms with Crippen molar-refractivity contribution >= 4 is 27.7 Å². The van der Waals surface area contributed by atoms with E-state index in [0.717, 1.165) is 16.4 Å². The maximum Gasteiger partial charge on any atom is 0.269 e. The molecule has 8 nitrogen and oxygen atoms in total. The molecule has 3 aliphatic rings. The van der Waals surface area contributed by atoms with E-state index in [-0.39, 0.29) is 22.1 Å². The molecule has 28 heavy (non-hydrogen) atoms. The number of benzene rings is 1. The molecule has 0 radical (unpaired) electrons. The number of aromatic nitrogens is 2. The Balaban J connectivity index is 1.44. The number of rotatable bonds is 5. The molecule has 146 valence electrons. The quantitative estimate of drug-likeness (QED) is 0.829. The molecule has 1 aromatic carbocycles. The van der Waals surface area contributed by atoms with Gasteiger partial charge in [0.25, 0.3) is 21.8 Å². The van der Waals surface area contributed by atoms with Gasteiger partial charge in [-0.15, -0.1) is 0 Å². The lowest BCUT2D eigenvalue weighted by atomic mass is 10.1. The van der Waals surface area contributed by atoms with Crippen molar-refractivity contribution in [3.8, 4) is 0 Å². The van der Waals surface area contributed by atoms with Gasteiger partial charge in [0.05, 0.1) is 11.8 Å². The van der Waals surface area contributed by atoms with Crippen LogP contribution in [0.15, 0.2) is 29.3 Å². The molecule has 5 rings (SSSR count). The third-order valence-corrected chi connectivity index (χ3v) is 7.35. The fourth-order valence-corrected chi connectivity index (χ4v) is 5.40. The van der Waals surface area contributed by atoms with Gasteiger partial charge < -0.3 is 5.32 Å². The van der Waals surface area contributed by atoms with E-state index in [1.54, 1.807) is 10.9 Å². The van der Waals surface area contributed by atoms with Crippen molar-refractivity contribution in [3.63, 3.8) is 0 Å². The molecule has 0 unspecified atom stereocenters. The second kappa shape index (κ2) is 5.91. The summed E-state index contributed by atoms with van der Waals surface area (Å²) >= 11 is 0. The molecule has 9 heteroatoms. The minimum absolute atomic E-state index is 0.0831. The number of fused-ring (bicyclic) bond motifs is 1. The van der Waals surface area contributed by atoms with Gasteiger partial charge >= 0.3 is 0 Å². The second-order valence-electron chi connectivity index (χ2n) is 7.80. The highest BCUT2D eigenvalue weighted by molar-refractivity contribution is 7.90. The highest BCUT2D eigenvalue weighted by Gasteiger charge is 2.48. The molecule has 2 saturated carbocycles. The highest BCUT2D eigenvalue weighted by Crippen LogP contribution is 2.39. The van der Waals surface area contributed by atoms with Crippen LogP contribution in [0.3, 0.4) is 0 Å². The number of carbonyl (C=O) groups excluding carboxylic acids is 2. The number of hydrogen-bond donors (Lipinski definition) is 1. The number of carbonyl (C=O) groups is 2. The Bertz CT molecular complexity index is 1110. The zero-order valence-corrected chi connectivity index (χ0v) is 16.2. The smallest absolute Gasteiger partial charge is 0.269 e. The third-order valence-electron chi connectivity index (χ3n) is 5.47. The van der Waals surface area contributed by atoms with Crippen molar-refractivity contribution in [1.29, 1.82) is 0 Å². The lowest BCUT2D eigenvalue weighted by Crippen LogP contribution is -2.31. The Morgan fingerprint density at radius 1 is 1.25 bits per heavy atom. The lowest BCUT2D eigenvalue weighted by molar-refractivity contribution is 0.0864. The van der Waals surface area contributed by atoms with Crippen molar-refractivity contribution in [3.05, 3.63) is 41.1 Å². The predicted molar refractivity (Wildman–Crippen MR) is 100 cm³/mol. The molecule has 2 aromatic rings. The monoisotopic (exact) mass is 400 g/mol. The molecule has 1 N–H and O–H groups in total. The Kier molecular flexibility index (Phi) is 3.67. The number of nitrogens with zero attached hydrogens (tertiary/aromatic N) is 3. The van der Waals surface area contributed by atoms with Gasteiger partial charge in [-0.2, -0.15) is 5.10 Å². The van der Waals surface area contributed by atoms with Crippen LogP contribution in [0.5, 0.6) is 0 Å². The second-order valence-corrected chi connectivity index (χ2v) is 9.59. The molecular formula is C19H20N4O4S. The summed E-state index contributed by atoms with van der Waals surface area (Å²) in [5.41, 5.74) is 1.18. The van der Waals surface area contributed by atoms with Crippen molar-refractivity contribution in [2.24, 2.45) is 5.92 Å². The van der Waals surface area contributed by atoms with Crippen LogP contribution in [0.4, 0.5) is 5.82 Å². The van der Waals surface area contributed by atoms with Crippen LogP contribution >= 0.6 is 0 Å². The third kappa shape index (κ3) is 2.72. The number of hydrogen-bond acceptors (Lipinski definition) is 5. The molecular weight excluding hydrogens is 380 g/mol. The van der Waals surface area contributed by atoms with Crippen molar-refractivity contribution < 1.29 is 18.0 Å². The first-order valence-electron chi connectivity index (χ1n) is 9.43. The van der Waals surface area contributed by atoms with E-state index < -0.39 is 21.8 Å². The average Bonchev–Trinajstić information content (AvgIpc) is 3.57. The van der Waals surface area contributed by atoms with Crippen LogP contribution in [0.25, 0.3) is 0 Å². The number of amides is 2. The number of anilines is 1. The van der Waals surface area contributed by atoms with Gasteiger partial charge in [-0.05, 0) is 56.7 Å². The Morgan fingerprint density at radius 3 is 2.68 bits per heavy atom. The maximum absolute atomic E-state index is 12.8. The first-order valence-corrected chi connectivity index (χ1v) is 10.9. The fourth-order valence-electron chi connectivity index (χ4n) is 3.56. The van der Waals surface area contributed by atoms with Crippen LogP contribution in [-0.2, 0) is 16.6 Å². The van der Waals surface area contributed by atoms with Gasteiger partial charge in [-0.25, -0.2) is 17.4 Å². The van der Waals surface area contributed by atoms with Gasteiger partial charge in [-0.1, -0.05) is 0 Å². The Morgan fingerprint density at radius 2 is 2.00 bits per heavy atom. The van der Waals surface area contributed by atoms with Crippen molar-refractivity contribution in [2.45, 2.75) is 50.1 Å². The highest BCUT2D eigenvalue weighted by atomic mass is 32.2. The summed E-state index contributed by atoms with van der Waals surface area (Å²) in [6, 6.07) is 3.98. The van der Waals surface area contributed by atoms with Gasteiger partial charge in [0.15, 0.2) is 0 Å². The molecule has 0 spiro atoms. The number of aryl methyl sites for hydroxylation is 1. The van der Waals surface area contributed by atoms with Crippen LogP contribution in [-0.4, -0.2) is 40.4 Å². The van der Waals surface area contributed by atoms with Gasteiger partial charge in [0.1, 0.15) is 10.7 Å². The SMILES string of the molecule is Cc1cnn(CC2CC2)c1NC(=O)c1ccc2c(c1)S(=O)(=O)N(C1CC1)C2=O. The van der Waals surface area contributed by atoms with Gasteiger partial charge in [-0.3, -0.25) is 9.59 Å². The first kappa shape index (κ1) is 17.4. The molecule has 0 atom stereocenters. The molecule has 2 heterocycles. The largest absolute Gasteiger partial charge is 0.307 e. The summed E-state index contributed by atoms with van der Waals surface area (Å²) in [5, 5.41) is 7.18. The Labute approximate surface area is 162 Å². The van der Waals surface area contributed by atoms with E-state index in [1.165, 1.54) is 31.0 Å². The lowest BCUT2D eigenvalue weighted by Gasteiger charge is -2.13. The van der Waals surface area contributed by atoms with Crippen LogP contribution in [0.1, 0.15) is 52.0 Å². The molecule has 1 aliphatic heterocycles. The predicted octanol–water partition coefficient (Wildman–Crippen LogP) is 2.16. The van der Waals surface area contributed by atoms with E-state index in [4.69, 9.17) is 0 Å². The normalized spacial score (nSPS) is 20.3. The maximum atomic E-state index is 12.8. The summed E-state index contributed by atoms with van der Waals surface area (Å²) in [6.45, 7) is 2.62. The van der Waals surface area contributed by atoms with Gasteiger partial charge in [0.2, 0.25) is 0 Å². The zero-order valence-electron chi connectivity index (χ0n) is 15.4. The Hall–Kier alpha value is -2.68. The molecule has 2 fully saturated rings. The van der Waals surface area contributed by atoms with Crippen LogP contribution in [0, 0.1) is 12.8 Å². The molecule has 1 aromatic heterocycles. The zero-order chi connectivity index (χ0) is 19.6. The summed E-state index contributed by atoms with van der Waals surface area (Å²) in [5.74, 6) is 0.300. The standard InChI is InChI=1S/C19H20N4O4S/c1-11-9-20-22(10-12-2-3-12)17(11)21-18(24)13-4-7-15-16(8-13)28(26,27)23(19(15)25)14-5-6-14/h4,7-9,12,14H,2-3,5-6,10H2,1H3,(H,21,24). The first-order chi connectivity index (χ1) is 13.4. The summed E-state index contributed by atoms with van der Waals surface area (Å²) < 4.78 is 28.3. The van der Waals surface area contributed by atoms with E-state index in [2.05, 4.69) is 10.4 Å². The summed E-state index contributed by atoms with van der Waals surface area (Å²) in [6.07, 6.45) is 5.42. The van der Waals surface area contributed by atoms with Crippen molar-refractivity contribution in [1.82, 2.24) is 14.1 Å². The van der Waals surface area contributed by atoms with E-state index in [0.29, 0.717) is 24.6 Å². The summed E-state index contributed by atoms with van der Waals surface area (Å²) in [7, 11) is -3.89. The average molecular weight is 400 g/mol. The topological polar surface area (TPSA) is 101 Å². The van der Waals surface area contributed by atoms with Crippen molar-refractivity contribution in [2.75, 3.05) is 5.32 Å². The molecule has 0 saturated heterocycles. The number of nitrogens with one attached hydrogen (secondary N) is 1. The molecule has 2 aliphatic carbocycles. The molecule has 2 amide bonds. The van der Waals surface area contributed by atoms with E-state index in [9.17, 15) is 18.0 Å². The minimum Gasteiger partial charge on any atom is -0.307 e. The minimum atomic E-state index is -3.89.